The van der Waals surface area contributed by atoms with Gasteiger partial charge >= 0.3 is 0 Å². The Labute approximate surface area is 126 Å². The molecule has 0 saturated carbocycles. The first-order chi connectivity index (χ1) is 9.80. The molecule has 5 nitrogen and oxygen atoms in total. The Balaban J connectivity index is 2.07. The maximum absolute atomic E-state index is 12.4. The summed E-state index contributed by atoms with van der Waals surface area (Å²) in [6.07, 6.45) is 0.109. The Morgan fingerprint density at radius 2 is 1.86 bits per heavy atom. The molecule has 1 aromatic carbocycles. The third kappa shape index (κ3) is 3.92. The minimum absolute atomic E-state index is 0.168. The lowest BCUT2D eigenvalue weighted by molar-refractivity contribution is -0.125. The van der Waals surface area contributed by atoms with E-state index in [9.17, 15) is 9.59 Å². The zero-order valence-electron chi connectivity index (χ0n) is 12.9. The molecule has 21 heavy (non-hydrogen) atoms. The van der Waals surface area contributed by atoms with Crippen LogP contribution in [-0.2, 0) is 9.22 Å². The van der Waals surface area contributed by atoms with E-state index in [1.54, 1.807) is 31.4 Å². The second kappa shape index (κ2) is 5.99. The maximum Gasteiger partial charge on any atom is 0.260 e. The summed E-state index contributed by atoms with van der Waals surface area (Å²) in [4.78, 5) is 25.7. The van der Waals surface area contributed by atoms with Gasteiger partial charge in [0, 0.05) is 5.56 Å². The Morgan fingerprint density at radius 3 is 2.38 bits per heavy atom. The average molecular weight is 307 g/mol. The number of amides is 2. The molecule has 1 heterocycles. The summed E-state index contributed by atoms with van der Waals surface area (Å²) in [6.45, 7) is 6.57. The predicted octanol–water partition coefficient (Wildman–Crippen LogP) is 2.29. The van der Waals surface area contributed by atoms with E-state index >= 15 is 0 Å². The second-order valence-corrected chi connectivity index (χ2v) is 10.6. The molecule has 1 aliphatic heterocycles. The molecule has 0 aromatic heterocycles. The van der Waals surface area contributed by atoms with Crippen molar-refractivity contribution >= 4 is 20.1 Å². The quantitative estimate of drug-likeness (QED) is 0.632. The molecule has 0 spiro atoms. The highest BCUT2D eigenvalue weighted by Gasteiger charge is 2.36. The third-order valence-electron chi connectivity index (χ3n) is 3.19. The summed E-state index contributed by atoms with van der Waals surface area (Å²) in [5, 5.41) is 0. The summed E-state index contributed by atoms with van der Waals surface area (Å²) in [6, 6.07) is 6.76. The van der Waals surface area contributed by atoms with Crippen LogP contribution in [0.1, 0.15) is 16.8 Å². The number of ether oxygens (including phenoxy) is 1. The van der Waals surface area contributed by atoms with E-state index < -0.39 is 8.32 Å². The van der Waals surface area contributed by atoms with Crippen LogP contribution >= 0.6 is 0 Å². The van der Waals surface area contributed by atoms with Gasteiger partial charge in [0.1, 0.15) is 5.75 Å². The molecule has 0 bridgehead atoms. The molecule has 1 aliphatic rings. The molecule has 0 aliphatic carbocycles. The molecule has 0 unspecified atom stereocenters. The van der Waals surface area contributed by atoms with Gasteiger partial charge in [-0.05, 0) is 43.9 Å². The van der Waals surface area contributed by atoms with Gasteiger partial charge in [-0.3, -0.25) is 14.5 Å². The zero-order valence-corrected chi connectivity index (χ0v) is 13.9. The third-order valence-corrected chi connectivity index (χ3v) is 4.23. The Morgan fingerprint density at radius 1 is 1.24 bits per heavy atom. The fourth-order valence-electron chi connectivity index (χ4n) is 2.34. The van der Waals surface area contributed by atoms with Crippen LogP contribution in [0.3, 0.4) is 0 Å². The van der Waals surface area contributed by atoms with Gasteiger partial charge in [0.15, 0.2) is 8.32 Å². The molecule has 1 aromatic rings. The number of carbonyl (C=O) groups is 2. The van der Waals surface area contributed by atoms with Crippen molar-refractivity contribution in [2.45, 2.75) is 32.2 Å². The smallest absolute Gasteiger partial charge is 0.260 e. The van der Waals surface area contributed by atoms with Crippen molar-refractivity contribution in [3.05, 3.63) is 29.8 Å². The van der Waals surface area contributed by atoms with Gasteiger partial charge in [-0.2, -0.15) is 0 Å². The Bertz CT molecular complexity index is 536. The first-order valence-electron chi connectivity index (χ1n) is 6.97. The highest BCUT2D eigenvalue weighted by molar-refractivity contribution is 6.69. The van der Waals surface area contributed by atoms with Crippen LogP contribution in [0, 0.1) is 0 Å². The number of nitrogens with zero attached hydrogens (tertiary/aromatic N) is 1. The van der Waals surface area contributed by atoms with E-state index in [1.165, 1.54) is 4.90 Å². The summed E-state index contributed by atoms with van der Waals surface area (Å²) in [5.41, 5.74) is 0.484. The molecule has 0 N–H and O–H groups in total. The standard InChI is InChI=1S/C15H21NO4Si/c1-19-12-7-5-11(6-8-12)15(18)16-10-13(9-14(16)17)20-21(2,3)4/h5-8,13H,9-10H2,1-4H3/t13-/m0/s1. The molecule has 1 atom stereocenters. The van der Waals surface area contributed by atoms with Gasteiger partial charge in [0.2, 0.25) is 5.91 Å². The lowest BCUT2D eigenvalue weighted by Gasteiger charge is -2.22. The highest BCUT2D eigenvalue weighted by atomic mass is 28.4. The van der Waals surface area contributed by atoms with E-state index in [4.69, 9.17) is 9.16 Å². The van der Waals surface area contributed by atoms with E-state index in [2.05, 4.69) is 19.6 Å². The van der Waals surface area contributed by atoms with Gasteiger partial charge in [0.05, 0.1) is 26.2 Å². The molecule has 2 rings (SSSR count). The number of likely N-dealkylation sites (tertiary alicyclic amines) is 1. The van der Waals surface area contributed by atoms with E-state index in [0.717, 1.165) is 0 Å². The number of hydrogen-bond donors (Lipinski definition) is 0. The van der Waals surface area contributed by atoms with Crippen molar-refractivity contribution in [2.75, 3.05) is 13.7 Å². The van der Waals surface area contributed by atoms with E-state index in [0.29, 0.717) is 17.9 Å². The zero-order chi connectivity index (χ0) is 15.6. The van der Waals surface area contributed by atoms with E-state index in [1.807, 2.05) is 0 Å². The number of rotatable bonds is 4. The summed E-state index contributed by atoms with van der Waals surface area (Å²) >= 11 is 0. The average Bonchev–Trinajstić information content (AvgIpc) is 2.76. The van der Waals surface area contributed by atoms with Crippen molar-refractivity contribution in [3.8, 4) is 5.75 Å². The first-order valence-corrected chi connectivity index (χ1v) is 10.4. The number of benzene rings is 1. The van der Waals surface area contributed by atoms with Gasteiger partial charge in [0.25, 0.3) is 5.91 Å². The van der Waals surface area contributed by atoms with Gasteiger partial charge in [-0.15, -0.1) is 0 Å². The number of imide groups is 1. The fraction of sp³-hybridized carbons (Fsp3) is 0.467. The Hall–Kier alpha value is -1.66. The highest BCUT2D eigenvalue weighted by Crippen LogP contribution is 2.21. The minimum atomic E-state index is -1.71. The molecule has 6 heteroatoms. The van der Waals surface area contributed by atoms with Crippen LogP contribution in [0.2, 0.25) is 19.6 Å². The topological polar surface area (TPSA) is 55.8 Å². The largest absolute Gasteiger partial charge is 0.497 e. The van der Waals surface area contributed by atoms with E-state index in [-0.39, 0.29) is 24.3 Å². The van der Waals surface area contributed by atoms with Crippen LogP contribution in [0.25, 0.3) is 0 Å². The molecule has 114 valence electrons. The monoisotopic (exact) mass is 307 g/mol. The Kier molecular flexibility index (Phi) is 4.48. The van der Waals surface area contributed by atoms with Crippen LogP contribution in [0.5, 0.6) is 5.75 Å². The molecular formula is C15H21NO4Si. The van der Waals surface area contributed by atoms with Gasteiger partial charge in [-0.25, -0.2) is 0 Å². The number of carbonyl (C=O) groups excluding carboxylic acids is 2. The van der Waals surface area contributed by atoms with Crippen molar-refractivity contribution in [2.24, 2.45) is 0 Å². The van der Waals surface area contributed by atoms with Crippen LogP contribution < -0.4 is 4.74 Å². The molecular weight excluding hydrogens is 286 g/mol. The fourth-order valence-corrected chi connectivity index (χ4v) is 3.50. The molecule has 1 saturated heterocycles. The van der Waals surface area contributed by atoms with Crippen molar-refractivity contribution in [3.63, 3.8) is 0 Å². The summed E-state index contributed by atoms with van der Waals surface area (Å²) in [7, 11) is -0.146. The summed E-state index contributed by atoms with van der Waals surface area (Å²) < 4.78 is 11.0. The van der Waals surface area contributed by atoms with Crippen LogP contribution in [-0.4, -0.2) is 44.8 Å². The van der Waals surface area contributed by atoms with Crippen LogP contribution in [0.15, 0.2) is 24.3 Å². The first kappa shape index (κ1) is 15.7. The SMILES string of the molecule is COc1ccc(C(=O)N2C[C@@H](O[Si](C)(C)C)CC2=O)cc1. The van der Waals surface area contributed by atoms with Gasteiger partial charge < -0.3 is 9.16 Å². The van der Waals surface area contributed by atoms with Crippen LogP contribution in [0.4, 0.5) is 0 Å². The normalized spacial score (nSPS) is 19.0. The van der Waals surface area contributed by atoms with Crippen molar-refractivity contribution in [1.29, 1.82) is 0 Å². The van der Waals surface area contributed by atoms with Crippen molar-refractivity contribution < 1.29 is 18.8 Å². The molecule has 1 fully saturated rings. The lowest BCUT2D eigenvalue weighted by atomic mass is 10.2. The predicted molar refractivity (Wildman–Crippen MR) is 81.9 cm³/mol. The minimum Gasteiger partial charge on any atom is -0.497 e. The molecule has 2 amide bonds. The van der Waals surface area contributed by atoms with Gasteiger partial charge in [-0.1, -0.05) is 0 Å². The second-order valence-electron chi connectivity index (χ2n) is 6.09. The maximum atomic E-state index is 12.4. The van der Waals surface area contributed by atoms with Crippen molar-refractivity contribution in [1.82, 2.24) is 4.90 Å². The lowest BCUT2D eigenvalue weighted by Crippen LogP contribution is -2.36. The molecule has 0 radical (unpaired) electrons. The summed E-state index contributed by atoms with van der Waals surface area (Å²) in [5.74, 6) is 0.239. The number of hydrogen-bond acceptors (Lipinski definition) is 4. The number of methoxy groups -OCH3 is 1.